The fraction of sp³-hybridized carbons (Fsp3) is 0.462. The van der Waals surface area contributed by atoms with Gasteiger partial charge in [0.2, 0.25) is 0 Å². The molecule has 3 amide bonds. The first-order valence-electron chi connectivity index (χ1n) is 11.8. The van der Waals surface area contributed by atoms with Gasteiger partial charge in [0.15, 0.2) is 0 Å². The van der Waals surface area contributed by atoms with E-state index in [2.05, 4.69) is 27.9 Å². The Morgan fingerprint density at radius 3 is 2.34 bits per heavy atom. The molecule has 1 aromatic carbocycles. The summed E-state index contributed by atoms with van der Waals surface area (Å²) < 4.78 is 5.24. The van der Waals surface area contributed by atoms with Crippen molar-refractivity contribution in [1.29, 1.82) is 0 Å². The van der Waals surface area contributed by atoms with Crippen LogP contribution < -0.4 is 16.0 Å². The Morgan fingerprint density at radius 2 is 1.74 bits per heavy atom. The van der Waals surface area contributed by atoms with Crippen LogP contribution in [0, 0.1) is 12.8 Å². The molecule has 1 aromatic heterocycles. The number of aryl methyl sites for hydroxylation is 1. The SMILES string of the molecule is CNc1ccc([C@@H]2CC[C@@H](C)CN2C(=O)C(=O)Nc2cnc(NC(=O)OC(C)(C)C)c(C)c2)cc1. The number of ether oxygens (including phenoxy) is 1. The van der Waals surface area contributed by atoms with Gasteiger partial charge in [-0.3, -0.25) is 14.9 Å². The first-order valence-corrected chi connectivity index (χ1v) is 11.8. The minimum absolute atomic E-state index is 0.157. The van der Waals surface area contributed by atoms with E-state index in [0.717, 1.165) is 24.1 Å². The molecule has 9 heteroatoms. The van der Waals surface area contributed by atoms with Crippen molar-refractivity contribution in [1.82, 2.24) is 9.88 Å². The van der Waals surface area contributed by atoms with Gasteiger partial charge in [0.1, 0.15) is 11.4 Å². The van der Waals surface area contributed by atoms with Crippen LogP contribution >= 0.6 is 0 Å². The predicted octanol–water partition coefficient (Wildman–Crippen LogP) is 4.72. The van der Waals surface area contributed by atoms with E-state index in [0.29, 0.717) is 29.5 Å². The predicted molar refractivity (Wildman–Crippen MR) is 136 cm³/mol. The van der Waals surface area contributed by atoms with Crippen molar-refractivity contribution in [3.63, 3.8) is 0 Å². The van der Waals surface area contributed by atoms with Gasteiger partial charge in [-0.25, -0.2) is 9.78 Å². The number of amides is 3. The van der Waals surface area contributed by atoms with Gasteiger partial charge < -0.3 is 20.3 Å². The zero-order valence-electron chi connectivity index (χ0n) is 21.3. The maximum absolute atomic E-state index is 13.2. The van der Waals surface area contributed by atoms with Gasteiger partial charge >= 0.3 is 17.9 Å². The fourth-order valence-corrected chi connectivity index (χ4v) is 4.08. The van der Waals surface area contributed by atoms with Crippen molar-refractivity contribution in [2.45, 2.75) is 59.1 Å². The van der Waals surface area contributed by atoms with E-state index in [-0.39, 0.29) is 6.04 Å². The largest absolute Gasteiger partial charge is 0.444 e. The molecule has 0 unspecified atom stereocenters. The second kappa shape index (κ2) is 10.8. The van der Waals surface area contributed by atoms with E-state index >= 15 is 0 Å². The molecule has 9 nitrogen and oxygen atoms in total. The Morgan fingerprint density at radius 1 is 1.06 bits per heavy atom. The third-order valence-corrected chi connectivity index (χ3v) is 5.81. The number of carbonyl (C=O) groups excluding carboxylic acids is 3. The molecule has 2 heterocycles. The van der Waals surface area contributed by atoms with Crippen LogP contribution in [0.15, 0.2) is 36.5 Å². The van der Waals surface area contributed by atoms with Gasteiger partial charge in [0, 0.05) is 19.3 Å². The maximum atomic E-state index is 13.2. The minimum atomic E-state index is -0.718. The average Bonchev–Trinajstić information content (AvgIpc) is 2.79. The molecule has 3 rings (SSSR count). The highest BCUT2D eigenvalue weighted by atomic mass is 16.6. The average molecular weight is 482 g/mol. The quantitative estimate of drug-likeness (QED) is 0.545. The Bertz CT molecular complexity index is 1080. The highest BCUT2D eigenvalue weighted by Gasteiger charge is 2.34. The number of benzene rings is 1. The molecule has 0 aliphatic carbocycles. The van der Waals surface area contributed by atoms with E-state index in [1.807, 2.05) is 31.3 Å². The van der Waals surface area contributed by atoms with Crippen molar-refractivity contribution in [3.8, 4) is 0 Å². The Hall–Kier alpha value is -3.62. The van der Waals surface area contributed by atoms with Crippen LogP contribution in [-0.2, 0) is 14.3 Å². The van der Waals surface area contributed by atoms with Gasteiger partial charge in [-0.1, -0.05) is 19.1 Å². The number of pyridine rings is 1. The van der Waals surface area contributed by atoms with Crippen LogP contribution in [0.2, 0.25) is 0 Å². The van der Waals surface area contributed by atoms with E-state index in [4.69, 9.17) is 4.74 Å². The Balaban J connectivity index is 1.70. The van der Waals surface area contributed by atoms with Gasteiger partial charge in [0.25, 0.3) is 0 Å². The summed E-state index contributed by atoms with van der Waals surface area (Å²) in [5, 5.41) is 8.34. The molecular weight excluding hydrogens is 446 g/mol. The second-order valence-corrected chi connectivity index (χ2v) is 10.00. The van der Waals surface area contributed by atoms with Crippen molar-refractivity contribution in [3.05, 3.63) is 47.7 Å². The number of nitrogens with zero attached hydrogens (tertiary/aromatic N) is 2. The lowest BCUT2D eigenvalue weighted by molar-refractivity contribution is -0.146. The third-order valence-electron chi connectivity index (χ3n) is 5.81. The number of carbonyl (C=O) groups is 3. The number of anilines is 3. The van der Waals surface area contributed by atoms with E-state index < -0.39 is 23.5 Å². The van der Waals surface area contributed by atoms with Crippen molar-refractivity contribution in [2.75, 3.05) is 29.5 Å². The number of hydrogen-bond donors (Lipinski definition) is 3. The topological polar surface area (TPSA) is 113 Å². The number of hydrogen-bond acceptors (Lipinski definition) is 6. The minimum Gasteiger partial charge on any atom is -0.444 e. The number of rotatable bonds is 4. The molecular formula is C26H35N5O4. The van der Waals surface area contributed by atoms with Crippen LogP contribution in [0.25, 0.3) is 0 Å². The van der Waals surface area contributed by atoms with E-state index in [1.165, 1.54) is 6.20 Å². The molecule has 1 aliphatic rings. The Kier molecular flexibility index (Phi) is 7.99. The number of likely N-dealkylation sites (tertiary alicyclic amines) is 1. The van der Waals surface area contributed by atoms with Crippen LogP contribution in [0.3, 0.4) is 0 Å². The second-order valence-electron chi connectivity index (χ2n) is 10.00. The summed E-state index contributed by atoms with van der Waals surface area (Å²) in [5.41, 5.74) is 2.35. The van der Waals surface area contributed by atoms with Crippen LogP contribution in [0.5, 0.6) is 0 Å². The summed E-state index contributed by atoms with van der Waals surface area (Å²) in [6, 6.07) is 9.42. The molecule has 2 atom stereocenters. The molecule has 2 aromatic rings. The summed E-state index contributed by atoms with van der Waals surface area (Å²) in [6.45, 7) is 9.66. The zero-order chi connectivity index (χ0) is 25.8. The van der Waals surface area contributed by atoms with Crippen molar-refractivity contribution in [2.24, 2.45) is 5.92 Å². The van der Waals surface area contributed by atoms with Gasteiger partial charge in [0.05, 0.1) is 17.9 Å². The monoisotopic (exact) mass is 481 g/mol. The van der Waals surface area contributed by atoms with E-state index in [9.17, 15) is 14.4 Å². The highest BCUT2D eigenvalue weighted by Crippen LogP contribution is 2.34. The normalized spacial score (nSPS) is 17.9. The fourth-order valence-electron chi connectivity index (χ4n) is 4.08. The lowest BCUT2D eigenvalue weighted by Crippen LogP contribution is -2.46. The molecule has 0 spiro atoms. The Labute approximate surface area is 206 Å². The van der Waals surface area contributed by atoms with Gasteiger partial charge in [-0.15, -0.1) is 0 Å². The summed E-state index contributed by atoms with van der Waals surface area (Å²) in [5.74, 6) is -0.668. The molecule has 1 aliphatic heterocycles. The van der Waals surface area contributed by atoms with Crippen LogP contribution in [0.4, 0.5) is 22.0 Å². The number of nitrogens with one attached hydrogen (secondary N) is 3. The van der Waals surface area contributed by atoms with E-state index in [1.54, 1.807) is 38.7 Å². The number of piperidine rings is 1. The smallest absolute Gasteiger partial charge is 0.413 e. The lowest BCUT2D eigenvalue weighted by Gasteiger charge is -2.38. The molecule has 1 saturated heterocycles. The summed E-state index contributed by atoms with van der Waals surface area (Å²) in [4.78, 5) is 44.0. The molecule has 188 valence electrons. The number of aromatic nitrogens is 1. The lowest BCUT2D eigenvalue weighted by atomic mass is 9.89. The molecule has 35 heavy (non-hydrogen) atoms. The zero-order valence-corrected chi connectivity index (χ0v) is 21.3. The van der Waals surface area contributed by atoms with Gasteiger partial charge in [-0.05, 0) is 75.8 Å². The molecule has 1 fully saturated rings. The standard InChI is InChI=1S/C26H35N5O4/c1-16-7-12-21(18-8-10-19(27-6)11-9-18)31(15-16)24(33)23(32)29-20-13-17(2)22(28-14-20)30-25(34)35-26(3,4)5/h8-11,13-14,16,21,27H,7,12,15H2,1-6H3,(H,29,32)(H,28,30,34)/t16-,21+/m1/s1. The van der Waals surface area contributed by atoms with Crippen LogP contribution in [-0.4, -0.2) is 47.0 Å². The molecule has 0 radical (unpaired) electrons. The highest BCUT2D eigenvalue weighted by molar-refractivity contribution is 6.39. The summed E-state index contributed by atoms with van der Waals surface area (Å²) >= 11 is 0. The van der Waals surface area contributed by atoms with Crippen molar-refractivity contribution < 1.29 is 19.1 Å². The van der Waals surface area contributed by atoms with Crippen LogP contribution in [0.1, 0.15) is 57.7 Å². The van der Waals surface area contributed by atoms with Gasteiger partial charge in [-0.2, -0.15) is 0 Å². The summed E-state index contributed by atoms with van der Waals surface area (Å²) in [7, 11) is 1.86. The first kappa shape index (κ1) is 26.0. The maximum Gasteiger partial charge on any atom is 0.413 e. The molecule has 3 N–H and O–H groups in total. The molecule has 0 saturated carbocycles. The van der Waals surface area contributed by atoms with Crippen molar-refractivity contribution >= 4 is 35.1 Å². The third kappa shape index (κ3) is 6.94. The summed E-state index contributed by atoms with van der Waals surface area (Å²) in [6.07, 6.45) is 2.56. The molecule has 0 bridgehead atoms. The first-order chi connectivity index (χ1) is 16.5.